The van der Waals surface area contributed by atoms with E-state index in [4.69, 9.17) is 9.47 Å². The van der Waals surface area contributed by atoms with Crippen molar-refractivity contribution in [3.8, 4) is 17.2 Å². The summed E-state index contributed by atoms with van der Waals surface area (Å²) in [5.74, 6) is 1.60. The van der Waals surface area contributed by atoms with E-state index in [-0.39, 0.29) is 5.75 Å². The van der Waals surface area contributed by atoms with Gasteiger partial charge in [0.2, 0.25) is 5.60 Å². The molecule has 0 spiro atoms. The summed E-state index contributed by atoms with van der Waals surface area (Å²) in [4.78, 5) is 0. The Labute approximate surface area is 214 Å². The van der Waals surface area contributed by atoms with Crippen LogP contribution in [-0.4, -0.2) is 22.4 Å². The Morgan fingerprint density at radius 3 is 2.06 bits per heavy atom. The zero-order chi connectivity index (χ0) is 26.2. The number of rotatable bonds is 3. The molecule has 36 heavy (non-hydrogen) atoms. The zero-order valence-corrected chi connectivity index (χ0v) is 22.5. The first-order valence-electron chi connectivity index (χ1n) is 12.6. The molecule has 4 nitrogen and oxygen atoms in total. The van der Waals surface area contributed by atoms with Crippen LogP contribution in [0.3, 0.4) is 0 Å². The van der Waals surface area contributed by atoms with Crippen LogP contribution < -0.4 is 9.47 Å². The Morgan fingerprint density at radius 2 is 1.39 bits per heavy atom. The van der Waals surface area contributed by atoms with Gasteiger partial charge in [0.15, 0.2) is 6.10 Å². The van der Waals surface area contributed by atoms with Crippen molar-refractivity contribution in [3.05, 3.63) is 98.6 Å². The van der Waals surface area contributed by atoms with E-state index in [0.29, 0.717) is 11.3 Å². The number of fused-ring (bicyclic) bond motifs is 3. The molecular weight excluding hydrogens is 448 g/mol. The van der Waals surface area contributed by atoms with Gasteiger partial charge >= 0.3 is 0 Å². The quantitative estimate of drug-likeness (QED) is 0.414. The third-order valence-electron chi connectivity index (χ3n) is 8.01. The van der Waals surface area contributed by atoms with Crippen molar-refractivity contribution in [1.29, 1.82) is 0 Å². The summed E-state index contributed by atoms with van der Waals surface area (Å²) in [6.45, 7) is 16.2. The minimum atomic E-state index is -1.40. The van der Waals surface area contributed by atoms with Gasteiger partial charge in [0.25, 0.3) is 0 Å². The molecule has 2 N–H and O–H groups in total. The van der Waals surface area contributed by atoms with Crippen LogP contribution >= 0.6 is 0 Å². The minimum Gasteiger partial charge on any atom is -0.507 e. The van der Waals surface area contributed by atoms with E-state index in [1.807, 2.05) is 58.9 Å². The predicted molar refractivity (Wildman–Crippen MR) is 143 cm³/mol. The van der Waals surface area contributed by atoms with Crippen LogP contribution in [0.15, 0.2) is 54.1 Å². The van der Waals surface area contributed by atoms with Crippen molar-refractivity contribution in [2.24, 2.45) is 0 Å². The molecule has 0 saturated heterocycles. The Balaban J connectivity index is 1.86. The smallest absolute Gasteiger partial charge is 0.205 e. The van der Waals surface area contributed by atoms with E-state index < -0.39 is 23.2 Å². The van der Waals surface area contributed by atoms with Crippen molar-refractivity contribution in [2.45, 2.75) is 78.6 Å². The van der Waals surface area contributed by atoms with Crippen molar-refractivity contribution >= 4 is 0 Å². The average molecular weight is 485 g/mol. The van der Waals surface area contributed by atoms with E-state index in [2.05, 4.69) is 45.0 Å². The molecule has 4 atom stereocenters. The van der Waals surface area contributed by atoms with Crippen LogP contribution in [0.2, 0.25) is 0 Å². The monoisotopic (exact) mass is 484 g/mol. The lowest BCUT2D eigenvalue weighted by Gasteiger charge is -2.50. The molecule has 0 aromatic heterocycles. The number of aromatic hydroxyl groups is 1. The van der Waals surface area contributed by atoms with Gasteiger partial charge in [-0.25, -0.2) is 0 Å². The molecule has 0 radical (unpaired) electrons. The number of aliphatic hydroxyl groups is 1. The molecule has 3 aromatic rings. The molecule has 4 heteroatoms. The topological polar surface area (TPSA) is 58.9 Å². The van der Waals surface area contributed by atoms with Gasteiger partial charge in [-0.05, 0) is 89.8 Å². The van der Waals surface area contributed by atoms with Crippen molar-refractivity contribution < 1.29 is 19.7 Å². The lowest BCUT2D eigenvalue weighted by molar-refractivity contribution is -0.130. The zero-order valence-electron chi connectivity index (χ0n) is 22.5. The highest BCUT2D eigenvalue weighted by Gasteiger charge is 2.65. The third-order valence-corrected chi connectivity index (χ3v) is 8.01. The molecule has 0 saturated carbocycles. The average Bonchev–Trinajstić information content (AvgIpc) is 3.08. The van der Waals surface area contributed by atoms with Gasteiger partial charge in [0.1, 0.15) is 23.4 Å². The maximum Gasteiger partial charge on any atom is 0.205 e. The molecule has 188 valence electrons. The summed E-state index contributed by atoms with van der Waals surface area (Å²) in [7, 11) is 0. The first-order valence-corrected chi connectivity index (χ1v) is 12.6. The molecule has 2 aliphatic rings. The molecule has 1 aliphatic heterocycles. The third kappa shape index (κ3) is 3.38. The first kappa shape index (κ1) is 24.5. The number of benzene rings is 3. The van der Waals surface area contributed by atoms with E-state index in [1.54, 1.807) is 0 Å². The first-order chi connectivity index (χ1) is 16.9. The SMILES string of the molecule is CC1=C[C@@]2(C)c3cc(C)cc(C)c3O[C@H]2[C@](Oc2ccc(C)cc2C)(c2cc(C)cc(C)c2O)[C@H]1O. The number of ether oxygens (including phenoxy) is 2. The van der Waals surface area contributed by atoms with Gasteiger partial charge in [-0.1, -0.05) is 53.1 Å². The lowest BCUT2D eigenvalue weighted by Crippen LogP contribution is -2.63. The van der Waals surface area contributed by atoms with Gasteiger partial charge in [-0.2, -0.15) is 0 Å². The second-order valence-corrected chi connectivity index (χ2v) is 11.2. The standard InChI is InChI=1S/C32H36O4/c1-17-9-10-26(20(4)11-17)36-32(24-14-18(2)12-21(5)27(24)33)29(34)23(7)16-31(8)25-15-19(3)13-22(6)28(25)35-30(31)32/h9-16,29-30,33-34H,1-8H3/t29-,30+,31-,32-/m0/s1. The van der Waals surface area contributed by atoms with Crippen LogP contribution in [0.4, 0.5) is 0 Å². The minimum absolute atomic E-state index is 0.119. The Bertz CT molecular complexity index is 1420. The van der Waals surface area contributed by atoms with Crippen LogP contribution in [0.1, 0.15) is 58.4 Å². The van der Waals surface area contributed by atoms with Gasteiger partial charge < -0.3 is 19.7 Å². The maximum atomic E-state index is 12.0. The number of aryl methyl sites for hydroxylation is 6. The van der Waals surface area contributed by atoms with E-state index in [1.165, 1.54) is 0 Å². The highest BCUT2D eigenvalue weighted by Crippen LogP contribution is 2.58. The van der Waals surface area contributed by atoms with Gasteiger partial charge in [0, 0.05) is 11.1 Å². The van der Waals surface area contributed by atoms with Crippen LogP contribution in [-0.2, 0) is 11.0 Å². The molecule has 0 fully saturated rings. The number of phenolic OH excluding ortho intramolecular Hbond substituents is 1. The summed E-state index contributed by atoms with van der Waals surface area (Å²) in [6.07, 6.45) is 0.460. The highest BCUT2D eigenvalue weighted by molar-refractivity contribution is 5.60. The normalized spacial score (nSPS) is 26.6. The van der Waals surface area contributed by atoms with Crippen molar-refractivity contribution in [2.75, 3.05) is 0 Å². The predicted octanol–water partition coefficient (Wildman–Crippen LogP) is 6.56. The summed E-state index contributed by atoms with van der Waals surface area (Å²) in [5.41, 5.74) is 6.43. The molecule has 5 rings (SSSR count). The molecule has 0 bridgehead atoms. The van der Waals surface area contributed by atoms with Crippen LogP contribution in [0, 0.1) is 41.5 Å². The van der Waals surface area contributed by atoms with Gasteiger partial charge in [0.05, 0.1) is 5.41 Å². The molecule has 3 aromatic carbocycles. The number of hydrogen-bond acceptors (Lipinski definition) is 4. The maximum absolute atomic E-state index is 12.0. The fourth-order valence-corrected chi connectivity index (χ4v) is 6.42. The Hall–Kier alpha value is -3.24. The van der Waals surface area contributed by atoms with Crippen molar-refractivity contribution in [3.63, 3.8) is 0 Å². The second kappa shape index (κ2) is 8.14. The summed E-state index contributed by atoms with van der Waals surface area (Å²) in [6, 6.07) is 14.2. The molecule has 1 heterocycles. The van der Waals surface area contributed by atoms with Crippen LogP contribution in [0.5, 0.6) is 17.2 Å². The van der Waals surface area contributed by atoms with E-state index >= 15 is 0 Å². The van der Waals surface area contributed by atoms with Gasteiger partial charge in [-0.3, -0.25) is 0 Å². The molecule has 0 unspecified atom stereocenters. The Morgan fingerprint density at radius 1 is 0.778 bits per heavy atom. The summed E-state index contributed by atoms with van der Waals surface area (Å²) in [5, 5.41) is 23.5. The fourth-order valence-electron chi connectivity index (χ4n) is 6.42. The lowest BCUT2D eigenvalue weighted by atomic mass is 9.62. The Kier molecular flexibility index (Phi) is 5.53. The largest absolute Gasteiger partial charge is 0.507 e. The molecular formula is C32H36O4. The number of phenols is 1. The fraction of sp³-hybridized carbons (Fsp3) is 0.375. The van der Waals surface area contributed by atoms with Crippen LogP contribution in [0.25, 0.3) is 0 Å². The molecule has 0 amide bonds. The van der Waals surface area contributed by atoms with Crippen molar-refractivity contribution in [1.82, 2.24) is 0 Å². The van der Waals surface area contributed by atoms with Gasteiger partial charge in [-0.15, -0.1) is 0 Å². The summed E-state index contributed by atoms with van der Waals surface area (Å²) < 4.78 is 13.8. The number of hydrogen-bond donors (Lipinski definition) is 2. The van der Waals surface area contributed by atoms with E-state index in [9.17, 15) is 10.2 Å². The summed E-state index contributed by atoms with van der Waals surface area (Å²) >= 11 is 0. The second-order valence-electron chi connectivity index (χ2n) is 11.2. The number of aliphatic hydroxyl groups excluding tert-OH is 1. The molecule has 1 aliphatic carbocycles. The van der Waals surface area contributed by atoms with E-state index in [0.717, 1.165) is 50.3 Å². The highest BCUT2D eigenvalue weighted by atomic mass is 16.6.